The van der Waals surface area contributed by atoms with Crippen LogP contribution in [-0.2, 0) is 12.7 Å². The highest BCUT2D eigenvalue weighted by Gasteiger charge is 2.49. The standard InChI is InChI=1S/C14H36O4Si3/c1-8-16-20(11-4,12-5)18-21(13-6,14-7)17-19(15,9-2)10-3/h15H,8-14H2,1-7H3. The summed E-state index contributed by atoms with van der Waals surface area (Å²) in [5.41, 5.74) is 0. The molecular weight excluding hydrogens is 316 g/mol. The molecule has 7 heteroatoms. The Labute approximate surface area is 135 Å². The summed E-state index contributed by atoms with van der Waals surface area (Å²) in [7, 11) is -7.20. The fraction of sp³-hybridized carbons (Fsp3) is 1.00. The minimum Gasteiger partial charge on any atom is -0.415 e. The summed E-state index contributed by atoms with van der Waals surface area (Å²) in [6.45, 7) is 15.3. The fourth-order valence-electron chi connectivity index (χ4n) is 2.53. The van der Waals surface area contributed by atoms with Crippen molar-refractivity contribution in [1.29, 1.82) is 0 Å². The van der Waals surface area contributed by atoms with Crippen LogP contribution in [0.5, 0.6) is 0 Å². The van der Waals surface area contributed by atoms with Crippen LogP contribution in [0.15, 0.2) is 0 Å². The molecule has 0 aliphatic carbocycles. The van der Waals surface area contributed by atoms with Gasteiger partial charge in [-0.3, -0.25) is 0 Å². The predicted octanol–water partition coefficient (Wildman–Crippen LogP) is 4.49. The van der Waals surface area contributed by atoms with Crippen molar-refractivity contribution < 1.29 is 17.5 Å². The maximum absolute atomic E-state index is 10.7. The lowest BCUT2D eigenvalue weighted by atomic mass is 10.9. The quantitative estimate of drug-likeness (QED) is 0.526. The molecule has 0 spiro atoms. The van der Waals surface area contributed by atoms with Gasteiger partial charge < -0.3 is 17.5 Å². The Morgan fingerprint density at radius 2 is 1.05 bits per heavy atom. The van der Waals surface area contributed by atoms with E-state index < -0.39 is 25.7 Å². The van der Waals surface area contributed by atoms with Gasteiger partial charge in [0.15, 0.2) is 0 Å². The van der Waals surface area contributed by atoms with Crippen molar-refractivity contribution in [1.82, 2.24) is 0 Å². The Morgan fingerprint density at radius 3 is 1.33 bits per heavy atom. The van der Waals surface area contributed by atoms with Gasteiger partial charge in [-0.25, -0.2) is 0 Å². The Hall–Kier alpha value is 0.491. The molecule has 4 nitrogen and oxygen atoms in total. The molecule has 1 N–H and O–H groups in total. The molecule has 0 saturated carbocycles. The van der Waals surface area contributed by atoms with E-state index in [-0.39, 0.29) is 0 Å². The van der Waals surface area contributed by atoms with Crippen LogP contribution in [0, 0.1) is 0 Å². The zero-order valence-corrected chi connectivity index (χ0v) is 18.1. The van der Waals surface area contributed by atoms with Crippen LogP contribution in [0.4, 0.5) is 0 Å². The third kappa shape index (κ3) is 5.89. The van der Waals surface area contributed by atoms with Crippen LogP contribution >= 0.6 is 0 Å². The van der Waals surface area contributed by atoms with Gasteiger partial charge in [0.25, 0.3) is 0 Å². The van der Waals surface area contributed by atoms with Gasteiger partial charge in [-0.1, -0.05) is 41.5 Å². The summed E-state index contributed by atoms with van der Waals surface area (Å²) in [6, 6.07) is 5.08. The van der Waals surface area contributed by atoms with Crippen LogP contribution in [0.2, 0.25) is 36.3 Å². The van der Waals surface area contributed by atoms with Crippen LogP contribution in [0.3, 0.4) is 0 Å². The average molecular weight is 353 g/mol. The average Bonchev–Trinajstić information content (AvgIpc) is 2.53. The molecule has 0 saturated heterocycles. The third-order valence-corrected chi connectivity index (χ3v) is 17.7. The van der Waals surface area contributed by atoms with E-state index in [1.807, 2.05) is 20.8 Å². The topological polar surface area (TPSA) is 47.9 Å². The van der Waals surface area contributed by atoms with Gasteiger partial charge in [0.1, 0.15) is 0 Å². The summed E-state index contributed by atoms with van der Waals surface area (Å²) in [4.78, 5) is 10.7. The third-order valence-electron chi connectivity index (χ3n) is 4.41. The molecule has 0 heterocycles. The first-order chi connectivity index (χ1) is 9.84. The zero-order valence-electron chi connectivity index (χ0n) is 15.1. The molecule has 21 heavy (non-hydrogen) atoms. The second-order valence-electron chi connectivity index (χ2n) is 5.53. The molecular formula is C14H36O4Si3. The van der Waals surface area contributed by atoms with Gasteiger partial charge in [-0.15, -0.1) is 0 Å². The lowest BCUT2D eigenvalue weighted by Gasteiger charge is -2.42. The summed E-state index contributed by atoms with van der Waals surface area (Å²) in [5.74, 6) is 0. The van der Waals surface area contributed by atoms with Crippen LogP contribution in [0.1, 0.15) is 48.5 Å². The maximum Gasteiger partial charge on any atom is 0.328 e. The Balaban J connectivity index is 5.35. The number of hydrogen-bond donors (Lipinski definition) is 1. The maximum atomic E-state index is 10.7. The highest BCUT2D eigenvalue weighted by molar-refractivity contribution is 6.86. The van der Waals surface area contributed by atoms with E-state index in [1.54, 1.807) is 0 Å². The monoisotopic (exact) mass is 352 g/mol. The first-order valence-electron chi connectivity index (χ1n) is 8.60. The lowest BCUT2D eigenvalue weighted by Crippen LogP contribution is -2.59. The van der Waals surface area contributed by atoms with Crippen molar-refractivity contribution in [3.05, 3.63) is 0 Å². The van der Waals surface area contributed by atoms with Gasteiger partial charge in [-0.05, 0) is 43.2 Å². The molecule has 0 rings (SSSR count). The highest BCUT2D eigenvalue weighted by Crippen LogP contribution is 2.32. The molecule has 0 amide bonds. The molecule has 0 bridgehead atoms. The largest absolute Gasteiger partial charge is 0.415 e. The first kappa shape index (κ1) is 21.5. The van der Waals surface area contributed by atoms with Crippen molar-refractivity contribution in [2.75, 3.05) is 6.61 Å². The van der Waals surface area contributed by atoms with Gasteiger partial charge in [-0.2, -0.15) is 0 Å². The summed E-state index contributed by atoms with van der Waals surface area (Å²) in [5, 5.41) is 0. The van der Waals surface area contributed by atoms with Crippen molar-refractivity contribution in [2.45, 2.75) is 84.7 Å². The second kappa shape index (κ2) is 9.59. The molecule has 0 aromatic rings. The van der Waals surface area contributed by atoms with Gasteiger partial charge in [0, 0.05) is 6.61 Å². The Kier molecular flexibility index (Phi) is 9.81. The Morgan fingerprint density at radius 1 is 0.619 bits per heavy atom. The minimum atomic E-state index is -2.62. The molecule has 0 aliphatic heterocycles. The normalized spacial score (nSPS) is 13.7. The van der Waals surface area contributed by atoms with E-state index >= 15 is 0 Å². The van der Waals surface area contributed by atoms with Crippen LogP contribution in [-0.4, -0.2) is 37.1 Å². The van der Waals surface area contributed by atoms with Crippen molar-refractivity contribution in [3.8, 4) is 0 Å². The van der Waals surface area contributed by atoms with E-state index in [4.69, 9.17) is 12.7 Å². The van der Waals surface area contributed by atoms with E-state index in [0.717, 1.165) is 36.3 Å². The number of hydrogen-bond acceptors (Lipinski definition) is 4. The molecule has 0 aromatic carbocycles. The molecule has 0 atom stereocenters. The van der Waals surface area contributed by atoms with Crippen molar-refractivity contribution in [2.24, 2.45) is 0 Å². The summed E-state index contributed by atoms with van der Waals surface area (Å²) >= 11 is 0. The lowest BCUT2D eigenvalue weighted by molar-refractivity contribution is 0.217. The first-order valence-corrected chi connectivity index (χ1v) is 15.3. The zero-order chi connectivity index (χ0) is 16.6. The Bertz CT molecular complexity index is 277. The SMILES string of the molecule is CCO[Si](CC)(CC)O[Si](CC)(CC)O[Si](O)(CC)CC. The smallest absolute Gasteiger partial charge is 0.328 e. The molecule has 0 radical (unpaired) electrons. The van der Waals surface area contributed by atoms with Crippen LogP contribution < -0.4 is 0 Å². The van der Waals surface area contributed by atoms with Gasteiger partial charge >= 0.3 is 25.7 Å². The van der Waals surface area contributed by atoms with E-state index in [9.17, 15) is 4.80 Å². The molecule has 0 aromatic heterocycles. The van der Waals surface area contributed by atoms with Gasteiger partial charge in [0.05, 0.1) is 0 Å². The second-order valence-corrected chi connectivity index (χ2v) is 17.2. The predicted molar refractivity (Wildman–Crippen MR) is 96.2 cm³/mol. The summed E-state index contributed by atoms with van der Waals surface area (Å²) < 4.78 is 19.1. The fourth-order valence-corrected chi connectivity index (χ4v) is 15.8. The minimum absolute atomic E-state index is 0.690. The molecule has 128 valence electrons. The van der Waals surface area contributed by atoms with Crippen molar-refractivity contribution >= 4 is 25.7 Å². The summed E-state index contributed by atoms with van der Waals surface area (Å²) in [6.07, 6.45) is 0. The van der Waals surface area contributed by atoms with E-state index in [1.165, 1.54) is 0 Å². The molecule has 0 fully saturated rings. The molecule has 0 aliphatic rings. The van der Waals surface area contributed by atoms with Crippen molar-refractivity contribution in [3.63, 3.8) is 0 Å². The van der Waals surface area contributed by atoms with Crippen LogP contribution in [0.25, 0.3) is 0 Å². The van der Waals surface area contributed by atoms with Gasteiger partial charge in [0.2, 0.25) is 0 Å². The van der Waals surface area contributed by atoms with E-state index in [0.29, 0.717) is 6.61 Å². The number of rotatable bonds is 12. The van der Waals surface area contributed by atoms with E-state index in [2.05, 4.69) is 27.7 Å². The highest BCUT2D eigenvalue weighted by atomic mass is 28.5. The molecule has 0 unspecified atom stereocenters.